The number of aromatic hydroxyl groups is 2. The van der Waals surface area contributed by atoms with Crippen molar-refractivity contribution in [2.24, 2.45) is 5.92 Å². The van der Waals surface area contributed by atoms with Crippen LogP contribution in [0.15, 0.2) is 12.1 Å². The van der Waals surface area contributed by atoms with E-state index < -0.39 is 0 Å². The first kappa shape index (κ1) is 11.3. The summed E-state index contributed by atoms with van der Waals surface area (Å²) in [5, 5.41) is 19.3. The Morgan fingerprint density at radius 3 is 2.31 bits per heavy atom. The van der Waals surface area contributed by atoms with Crippen molar-refractivity contribution >= 4 is 0 Å². The minimum absolute atomic E-state index is 0.00796. The third-order valence-electron chi connectivity index (χ3n) is 3.25. The van der Waals surface area contributed by atoms with Crippen LogP contribution in [-0.4, -0.2) is 16.8 Å². The van der Waals surface area contributed by atoms with Crippen LogP contribution in [0.1, 0.15) is 37.0 Å². The standard InChI is InChI=1S/C13H18O3/c1-8-3-4-13(16-7-8)10-5-11(14)9(2)12(15)6-10/h5-6,8,13-15H,3-4,7H2,1-2H3. The second-order valence-electron chi connectivity index (χ2n) is 4.69. The molecule has 1 heterocycles. The predicted octanol–water partition coefficient (Wildman–Crippen LogP) is 2.89. The van der Waals surface area contributed by atoms with E-state index in [9.17, 15) is 10.2 Å². The van der Waals surface area contributed by atoms with E-state index in [1.807, 2.05) is 0 Å². The number of hydrogen-bond donors (Lipinski definition) is 2. The molecule has 1 aromatic rings. The SMILES string of the molecule is Cc1c(O)cc(C2CCC(C)CO2)cc1O. The number of benzene rings is 1. The first-order valence-electron chi connectivity index (χ1n) is 5.72. The molecule has 1 aliphatic rings. The fraction of sp³-hybridized carbons (Fsp3) is 0.538. The maximum absolute atomic E-state index is 9.65. The van der Waals surface area contributed by atoms with Crippen LogP contribution in [0.25, 0.3) is 0 Å². The Kier molecular flexibility index (Phi) is 3.06. The predicted molar refractivity (Wildman–Crippen MR) is 61.6 cm³/mol. The molecule has 0 bridgehead atoms. The van der Waals surface area contributed by atoms with Crippen molar-refractivity contribution in [3.63, 3.8) is 0 Å². The van der Waals surface area contributed by atoms with Crippen molar-refractivity contribution in [3.05, 3.63) is 23.3 Å². The van der Waals surface area contributed by atoms with Gasteiger partial charge in [0.1, 0.15) is 11.5 Å². The quantitative estimate of drug-likeness (QED) is 0.768. The van der Waals surface area contributed by atoms with Crippen molar-refractivity contribution in [1.82, 2.24) is 0 Å². The summed E-state index contributed by atoms with van der Waals surface area (Å²) >= 11 is 0. The lowest BCUT2D eigenvalue weighted by Gasteiger charge is -2.27. The molecule has 16 heavy (non-hydrogen) atoms. The van der Waals surface area contributed by atoms with E-state index in [1.54, 1.807) is 19.1 Å². The van der Waals surface area contributed by atoms with Gasteiger partial charge in [-0.25, -0.2) is 0 Å². The van der Waals surface area contributed by atoms with Gasteiger partial charge < -0.3 is 14.9 Å². The Balaban J connectivity index is 2.21. The van der Waals surface area contributed by atoms with Gasteiger partial charge in [-0.1, -0.05) is 6.92 Å². The molecule has 0 amide bonds. The number of hydrogen-bond acceptors (Lipinski definition) is 3. The monoisotopic (exact) mass is 222 g/mol. The number of rotatable bonds is 1. The molecule has 0 aliphatic carbocycles. The Morgan fingerprint density at radius 2 is 1.81 bits per heavy atom. The van der Waals surface area contributed by atoms with E-state index in [0.29, 0.717) is 11.5 Å². The van der Waals surface area contributed by atoms with Gasteiger partial charge in [-0.15, -0.1) is 0 Å². The van der Waals surface area contributed by atoms with Crippen LogP contribution >= 0.6 is 0 Å². The average Bonchev–Trinajstić information content (AvgIpc) is 2.26. The molecular weight excluding hydrogens is 204 g/mol. The number of ether oxygens (including phenoxy) is 1. The van der Waals surface area contributed by atoms with Crippen LogP contribution in [-0.2, 0) is 4.74 Å². The molecule has 0 spiro atoms. The first-order chi connectivity index (χ1) is 7.58. The van der Waals surface area contributed by atoms with Crippen LogP contribution in [0.4, 0.5) is 0 Å². The van der Waals surface area contributed by atoms with Crippen molar-refractivity contribution < 1.29 is 14.9 Å². The zero-order valence-corrected chi connectivity index (χ0v) is 9.73. The van der Waals surface area contributed by atoms with Crippen LogP contribution in [0.2, 0.25) is 0 Å². The molecule has 1 aliphatic heterocycles. The summed E-state index contributed by atoms with van der Waals surface area (Å²) < 4.78 is 5.70. The Hall–Kier alpha value is -1.22. The van der Waals surface area contributed by atoms with Gasteiger partial charge in [0.2, 0.25) is 0 Å². The molecule has 1 saturated heterocycles. The molecule has 2 N–H and O–H groups in total. The third kappa shape index (κ3) is 2.14. The largest absolute Gasteiger partial charge is 0.508 e. The highest BCUT2D eigenvalue weighted by Gasteiger charge is 2.21. The van der Waals surface area contributed by atoms with Gasteiger partial charge >= 0.3 is 0 Å². The molecule has 1 fully saturated rings. The summed E-state index contributed by atoms with van der Waals surface area (Å²) in [4.78, 5) is 0. The Labute approximate surface area is 95.7 Å². The van der Waals surface area contributed by atoms with Gasteiger partial charge in [-0.05, 0) is 43.4 Å². The van der Waals surface area contributed by atoms with Crippen molar-refractivity contribution in [2.45, 2.75) is 32.8 Å². The highest BCUT2D eigenvalue weighted by Crippen LogP contribution is 2.36. The molecule has 2 unspecified atom stereocenters. The molecule has 0 saturated carbocycles. The van der Waals surface area contributed by atoms with Gasteiger partial charge in [0, 0.05) is 12.2 Å². The minimum Gasteiger partial charge on any atom is -0.508 e. The van der Waals surface area contributed by atoms with Crippen LogP contribution in [0, 0.1) is 12.8 Å². The fourth-order valence-corrected chi connectivity index (χ4v) is 2.04. The molecule has 3 nitrogen and oxygen atoms in total. The topological polar surface area (TPSA) is 49.7 Å². The van der Waals surface area contributed by atoms with E-state index in [1.165, 1.54) is 0 Å². The molecular formula is C13H18O3. The summed E-state index contributed by atoms with van der Waals surface area (Å²) in [6, 6.07) is 3.38. The highest BCUT2D eigenvalue weighted by molar-refractivity contribution is 5.46. The van der Waals surface area contributed by atoms with Crippen molar-refractivity contribution in [3.8, 4) is 11.5 Å². The molecule has 2 rings (SSSR count). The normalized spacial score (nSPS) is 25.6. The summed E-state index contributed by atoms with van der Waals surface area (Å²) in [6.45, 7) is 4.61. The van der Waals surface area contributed by atoms with E-state index in [4.69, 9.17) is 4.74 Å². The zero-order chi connectivity index (χ0) is 11.7. The smallest absolute Gasteiger partial charge is 0.122 e. The molecule has 0 radical (unpaired) electrons. The lowest BCUT2D eigenvalue weighted by Crippen LogP contribution is -2.18. The van der Waals surface area contributed by atoms with Gasteiger partial charge in [0.25, 0.3) is 0 Å². The van der Waals surface area contributed by atoms with Crippen LogP contribution < -0.4 is 0 Å². The highest BCUT2D eigenvalue weighted by atomic mass is 16.5. The van der Waals surface area contributed by atoms with Gasteiger partial charge in [0.05, 0.1) is 6.10 Å². The summed E-state index contributed by atoms with van der Waals surface area (Å²) in [5.74, 6) is 0.873. The van der Waals surface area contributed by atoms with Gasteiger partial charge in [-0.2, -0.15) is 0 Å². The minimum atomic E-state index is 0.00796. The lowest BCUT2D eigenvalue weighted by molar-refractivity contribution is -0.0125. The van der Waals surface area contributed by atoms with E-state index in [0.717, 1.165) is 25.0 Å². The summed E-state index contributed by atoms with van der Waals surface area (Å²) in [7, 11) is 0. The van der Waals surface area contributed by atoms with E-state index in [-0.39, 0.29) is 17.6 Å². The fourth-order valence-electron chi connectivity index (χ4n) is 2.04. The molecule has 88 valence electrons. The van der Waals surface area contributed by atoms with Crippen LogP contribution in [0.5, 0.6) is 11.5 Å². The second-order valence-corrected chi connectivity index (χ2v) is 4.69. The van der Waals surface area contributed by atoms with E-state index in [2.05, 4.69) is 6.92 Å². The third-order valence-corrected chi connectivity index (χ3v) is 3.25. The molecule has 0 aromatic heterocycles. The number of phenols is 2. The maximum Gasteiger partial charge on any atom is 0.122 e. The molecule has 3 heteroatoms. The van der Waals surface area contributed by atoms with Gasteiger partial charge in [0.15, 0.2) is 0 Å². The molecule has 1 aromatic carbocycles. The zero-order valence-electron chi connectivity index (χ0n) is 9.73. The number of phenolic OH excluding ortho intramolecular Hbond substituents is 2. The second kappa shape index (κ2) is 4.34. The van der Waals surface area contributed by atoms with Crippen molar-refractivity contribution in [2.75, 3.05) is 6.61 Å². The molecule has 2 atom stereocenters. The lowest BCUT2D eigenvalue weighted by atomic mass is 9.95. The Bertz CT molecular complexity index is 356. The van der Waals surface area contributed by atoms with E-state index >= 15 is 0 Å². The van der Waals surface area contributed by atoms with Crippen molar-refractivity contribution in [1.29, 1.82) is 0 Å². The average molecular weight is 222 g/mol. The van der Waals surface area contributed by atoms with Gasteiger partial charge in [-0.3, -0.25) is 0 Å². The summed E-state index contributed by atoms with van der Waals surface area (Å²) in [6.07, 6.45) is 2.08. The maximum atomic E-state index is 9.65. The first-order valence-corrected chi connectivity index (χ1v) is 5.72. The summed E-state index contributed by atoms with van der Waals surface area (Å²) in [5.41, 5.74) is 1.39. The van der Waals surface area contributed by atoms with Crippen LogP contribution in [0.3, 0.4) is 0 Å². The Morgan fingerprint density at radius 1 is 1.19 bits per heavy atom.